The molecule has 0 fully saturated rings. The monoisotopic (exact) mass is 217 g/mol. The average molecular weight is 217 g/mol. The Kier molecular flexibility index (Phi) is 2.64. The van der Waals surface area contributed by atoms with Crippen LogP contribution in [0.2, 0.25) is 0 Å². The number of anilines is 1. The highest BCUT2D eigenvalue weighted by Gasteiger charge is 2.08. The predicted molar refractivity (Wildman–Crippen MR) is 65.9 cm³/mol. The van der Waals surface area contributed by atoms with Crippen LogP contribution in [-0.4, -0.2) is 16.0 Å². The predicted octanol–water partition coefficient (Wildman–Crippen LogP) is 2.05. The van der Waals surface area contributed by atoms with E-state index in [1.807, 2.05) is 32.9 Å². The van der Waals surface area contributed by atoms with Crippen LogP contribution in [0.15, 0.2) is 23.1 Å². The smallest absolute Gasteiger partial charge is 0.259 e. The van der Waals surface area contributed by atoms with Gasteiger partial charge in [0, 0.05) is 17.9 Å². The second kappa shape index (κ2) is 3.96. The summed E-state index contributed by atoms with van der Waals surface area (Å²) in [6.45, 7) is 5.96. The third-order valence-electron chi connectivity index (χ3n) is 2.31. The van der Waals surface area contributed by atoms with Gasteiger partial charge in [-0.25, -0.2) is 4.98 Å². The number of nitrogens with zero attached hydrogens (tertiary/aromatic N) is 1. The van der Waals surface area contributed by atoms with E-state index in [1.165, 1.54) is 0 Å². The molecule has 0 unspecified atom stereocenters. The van der Waals surface area contributed by atoms with Gasteiger partial charge in [-0.2, -0.15) is 0 Å². The Morgan fingerprint density at radius 1 is 1.44 bits per heavy atom. The van der Waals surface area contributed by atoms with Crippen molar-refractivity contribution < 1.29 is 0 Å². The minimum atomic E-state index is -0.104. The SMILES string of the molecule is Cc1cc2cc[nH]c(=O)c2c(NC(C)C)n1. The highest BCUT2D eigenvalue weighted by Crippen LogP contribution is 2.18. The highest BCUT2D eigenvalue weighted by molar-refractivity contribution is 5.91. The van der Waals surface area contributed by atoms with Gasteiger partial charge in [-0.05, 0) is 38.3 Å². The number of hydrogen-bond donors (Lipinski definition) is 2. The molecule has 0 saturated heterocycles. The molecule has 0 amide bonds. The van der Waals surface area contributed by atoms with E-state index < -0.39 is 0 Å². The fourth-order valence-electron chi connectivity index (χ4n) is 1.73. The number of aromatic nitrogens is 2. The van der Waals surface area contributed by atoms with Gasteiger partial charge in [0.2, 0.25) is 0 Å². The summed E-state index contributed by atoms with van der Waals surface area (Å²) in [5, 5.41) is 4.74. The molecule has 2 aromatic rings. The van der Waals surface area contributed by atoms with Gasteiger partial charge in [0.05, 0.1) is 5.39 Å². The van der Waals surface area contributed by atoms with Crippen molar-refractivity contribution in [1.82, 2.24) is 9.97 Å². The van der Waals surface area contributed by atoms with Gasteiger partial charge < -0.3 is 10.3 Å². The van der Waals surface area contributed by atoms with Crippen molar-refractivity contribution in [1.29, 1.82) is 0 Å². The molecule has 0 aromatic carbocycles. The summed E-state index contributed by atoms with van der Waals surface area (Å²) in [6.07, 6.45) is 1.66. The average Bonchev–Trinajstić information content (AvgIpc) is 2.15. The Labute approximate surface area is 93.7 Å². The zero-order valence-corrected chi connectivity index (χ0v) is 9.66. The minimum Gasteiger partial charge on any atom is -0.367 e. The Hall–Kier alpha value is -1.84. The quantitative estimate of drug-likeness (QED) is 0.809. The molecule has 0 saturated carbocycles. The first-order valence-corrected chi connectivity index (χ1v) is 5.33. The zero-order valence-electron chi connectivity index (χ0n) is 9.66. The summed E-state index contributed by atoms with van der Waals surface area (Å²) in [5.74, 6) is 0.659. The van der Waals surface area contributed by atoms with Crippen LogP contribution in [-0.2, 0) is 0 Å². The standard InChI is InChI=1S/C12H15N3O/c1-7(2)14-11-10-9(6-8(3)15-11)4-5-13-12(10)16/h4-7H,1-3H3,(H,13,16)(H,14,15). The summed E-state index contributed by atoms with van der Waals surface area (Å²) in [4.78, 5) is 18.8. The molecular weight excluding hydrogens is 202 g/mol. The largest absolute Gasteiger partial charge is 0.367 e. The summed E-state index contributed by atoms with van der Waals surface area (Å²) < 4.78 is 0. The van der Waals surface area contributed by atoms with Gasteiger partial charge >= 0.3 is 0 Å². The van der Waals surface area contributed by atoms with Gasteiger partial charge in [-0.15, -0.1) is 0 Å². The lowest BCUT2D eigenvalue weighted by molar-refractivity contribution is 0.889. The van der Waals surface area contributed by atoms with Crippen LogP contribution in [0.3, 0.4) is 0 Å². The van der Waals surface area contributed by atoms with Crippen molar-refractivity contribution in [2.45, 2.75) is 26.8 Å². The van der Waals surface area contributed by atoms with Crippen LogP contribution in [0, 0.1) is 6.92 Å². The number of fused-ring (bicyclic) bond motifs is 1. The minimum absolute atomic E-state index is 0.104. The van der Waals surface area contributed by atoms with E-state index in [-0.39, 0.29) is 11.6 Å². The molecule has 0 radical (unpaired) electrons. The van der Waals surface area contributed by atoms with E-state index >= 15 is 0 Å². The molecule has 2 rings (SSSR count). The van der Waals surface area contributed by atoms with E-state index in [2.05, 4.69) is 15.3 Å². The number of nitrogens with one attached hydrogen (secondary N) is 2. The van der Waals surface area contributed by atoms with Crippen molar-refractivity contribution in [3.63, 3.8) is 0 Å². The Morgan fingerprint density at radius 2 is 2.19 bits per heavy atom. The number of H-pyrrole nitrogens is 1. The van der Waals surface area contributed by atoms with Crippen LogP contribution in [0.5, 0.6) is 0 Å². The van der Waals surface area contributed by atoms with E-state index in [1.54, 1.807) is 6.20 Å². The van der Waals surface area contributed by atoms with Crippen LogP contribution < -0.4 is 10.9 Å². The van der Waals surface area contributed by atoms with Crippen LogP contribution in [0.4, 0.5) is 5.82 Å². The normalized spacial score (nSPS) is 11.0. The van der Waals surface area contributed by atoms with Crippen LogP contribution in [0.25, 0.3) is 10.8 Å². The third-order valence-corrected chi connectivity index (χ3v) is 2.31. The maximum atomic E-state index is 11.8. The maximum absolute atomic E-state index is 11.8. The number of aryl methyl sites for hydroxylation is 1. The molecule has 4 nitrogen and oxygen atoms in total. The molecule has 2 aromatic heterocycles. The molecular formula is C12H15N3O. The molecule has 0 atom stereocenters. The molecule has 0 aliphatic rings. The van der Waals surface area contributed by atoms with Crippen LogP contribution in [0.1, 0.15) is 19.5 Å². The summed E-state index contributed by atoms with van der Waals surface area (Å²) >= 11 is 0. The highest BCUT2D eigenvalue weighted by atomic mass is 16.1. The van der Waals surface area contributed by atoms with E-state index in [4.69, 9.17) is 0 Å². The van der Waals surface area contributed by atoms with Gasteiger partial charge in [0.25, 0.3) is 5.56 Å². The molecule has 84 valence electrons. The Balaban J connectivity index is 2.75. The van der Waals surface area contributed by atoms with Crippen molar-refractivity contribution in [3.05, 3.63) is 34.4 Å². The molecule has 0 aliphatic carbocycles. The molecule has 2 N–H and O–H groups in total. The van der Waals surface area contributed by atoms with Crippen molar-refractivity contribution >= 4 is 16.6 Å². The number of aromatic amines is 1. The molecule has 2 heterocycles. The van der Waals surface area contributed by atoms with Gasteiger partial charge in [-0.3, -0.25) is 4.79 Å². The van der Waals surface area contributed by atoms with Crippen LogP contribution >= 0.6 is 0 Å². The third kappa shape index (κ3) is 1.91. The molecule has 0 aliphatic heterocycles. The lowest BCUT2D eigenvalue weighted by Gasteiger charge is -2.11. The van der Waals surface area contributed by atoms with Crippen molar-refractivity contribution in [2.24, 2.45) is 0 Å². The fraction of sp³-hybridized carbons (Fsp3) is 0.333. The summed E-state index contributed by atoms with van der Waals surface area (Å²) in [6, 6.07) is 4.05. The maximum Gasteiger partial charge on any atom is 0.259 e. The number of pyridine rings is 2. The summed E-state index contributed by atoms with van der Waals surface area (Å²) in [5.41, 5.74) is 0.800. The van der Waals surface area contributed by atoms with Gasteiger partial charge in [0.15, 0.2) is 0 Å². The number of hydrogen-bond acceptors (Lipinski definition) is 3. The fourth-order valence-corrected chi connectivity index (χ4v) is 1.73. The molecule has 0 bridgehead atoms. The Morgan fingerprint density at radius 3 is 2.88 bits per heavy atom. The summed E-state index contributed by atoms with van der Waals surface area (Å²) in [7, 11) is 0. The van der Waals surface area contributed by atoms with E-state index in [9.17, 15) is 4.79 Å². The first kappa shape index (κ1) is 10.7. The van der Waals surface area contributed by atoms with Crippen molar-refractivity contribution in [3.8, 4) is 0 Å². The molecule has 0 spiro atoms. The van der Waals surface area contributed by atoms with E-state index in [0.29, 0.717) is 11.2 Å². The van der Waals surface area contributed by atoms with Crippen molar-refractivity contribution in [2.75, 3.05) is 5.32 Å². The lowest BCUT2D eigenvalue weighted by atomic mass is 10.2. The first-order chi connectivity index (χ1) is 7.58. The zero-order chi connectivity index (χ0) is 11.7. The van der Waals surface area contributed by atoms with Gasteiger partial charge in [-0.1, -0.05) is 0 Å². The Bertz CT molecular complexity index is 572. The lowest BCUT2D eigenvalue weighted by Crippen LogP contribution is -2.15. The second-order valence-corrected chi connectivity index (χ2v) is 4.18. The second-order valence-electron chi connectivity index (χ2n) is 4.18. The van der Waals surface area contributed by atoms with E-state index in [0.717, 1.165) is 11.1 Å². The first-order valence-electron chi connectivity index (χ1n) is 5.33. The number of rotatable bonds is 2. The molecule has 4 heteroatoms. The van der Waals surface area contributed by atoms with Gasteiger partial charge in [0.1, 0.15) is 5.82 Å². The topological polar surface area (TPSA) is 57.8 Å². The molecule has 16 heavy (non-hydrogen) atoms.